The van der Waals surface area contributed by atoms with Gasteiger partial charge < -0.3 is 11.1 Å². The smallest absolute Gasteiger partial charge is 0.252 e. The van der Waals surface area contributed by atoms with Crippen molar-refractivity contribution in [3.63, 3.8) is 0 Å². The molecule has 0 saturated carbocycles. The Kier molecular flexibility index (Phi) is 4.91. The number of anilines is 1. The normalized spacial score (nSPS) is 12.9. The molecule has 0 aliphatic carbocycles. The van der Waals surface area contributed by atoms with Crippen molar-refractivity contribution in [2.75, 3.05) is 5.32 Å². The zero-order valence-corrected chi connectivity index (χ0v) is 16.1. The number of benzene rings is 1. The lowest BCUT2D eigenvalue weighted by atomic mass is 10.0. The molecule has 3 N–H and O–H groups in total. The number of aromatic nitrogens is 2. The highest BCUT2D eigenvalue weighted by molar-refractivity contribution is 6.02. The SMILES string of the molecule is CCc1cccc(-c2cc3c(NC(C)C(C)(C)F)c(C(N)=O)cnn3c2)c1. The van der Waals surface area contributed by atoms with Crippen molar-refractivity contribution in [3.8, 4) is 11.1 Å². The Morgan fingerprint density at radius 3 is 2.70 bits per heavy atom. The fraction of sp³-hybridized carbons (Fsp3) is 0.333. The molecule has 1 aromatic carbocycles. The van der Waals surface area contributed by atoms with Gasteiger partial charge in [0, 0.05) is 11.8 Å². The van der Waals surface area contributed by atoms with Crippen molar-refractivity contribution in [1.29, 1.82) is 0 Å². The number of nitrogens with zero attached hydrogens (tertiary/aromatic N) is 2. The summed E-state index contributed by atoms with van der Waals surface area (Å²) in [7, 11) is 0. The van der Waals surface area contributed by atoms with E-state index in [4.69, 9.17) is 5.73 Å². The van der Waals surface area contributed by atoms with Gasteiger partial charge in [0.05, 0.1) is 29.0 Å². The number of fused-ring (bicyclic) bond motifs is 1. The summed E-state index contributed by atoms with van der Waals surface area (Å²) in [5.74, 6) is -0.605. The molecule has 27 heavy (non-hydrogen) atoms. The molecule has 2 aromatic heterocycles. The molecule has 5 nitrogen and oxygen atoms in total. The van der Waals surface area contributed by atoms with Crippen molar-refractivity contribution < 1.29 is 9.18 Å². The van der Waals surface area contributed by atoms with E-state index in [-0.39, 0.29) is 5.56 Å². The number of nitrogens with two attached hydrogens (primary N) is 1. The topological polar surface area (TPSA) is 72.4 Å². The van der Waals surface area contributed by atoms with Gasteiger partial charge >= 0.3 is 0 Å². The Bertz CT molecular complexity index is 988. The quantitative estimate of drug-likeness (QED) is 0.684. The van der Waals surface area contributed by atoms with Gasteiger partial charge in [-0.3, -0.25) is 4.79 Å². The number of hydrogen-bond donors (Lipinski definition) is 2. The molecule has 0 radical (unpaired) electrons. The zero-order valence-electron chi connectivity index (χ0n) is 16.1. The minimum Gasteiger partial charge on any atom is -0.377 e. The second-order valence-corrected chi connectivity index (χ2v) is 7.34. The van der Waals surface area contributed by atoms with Crippen molar-refractivity contribution in [2.24, 2.45) is 5.73 Å². The standard InChI is InChI=1S/C21H25FN4O/c1-5-14-7-6-8-15(9-14)16-10-18-19(25-13(2)21(3,4)22)17(20(23)27)11-24-26(18)12-16/h6-13,25H,5H2,1-4H3,(H2,23,27). The zero-order chi connectivity index (χ0) is 19.8. The van der Waals surface area contributed by atoms with Crippen LogP contribution >= 0.6 is 0 Å². The summed E-state index contributed by atoms with van der Waals surface area (Å²) in [5, 5.41) is 7.43. The van der Waals surface area contributed by atoms with E-state index in [9.17, 15) is 9.18 Å². The van der Waals surface area contributed by atoms with Crippen LogP contribution in [0.3, 0.4) is 0 Å². The first-order valence-corrected chi connectivity index (χ1v) is 9.06. The Hall–Kier alpha value is -2.89. The molecular weight excluding hydrogens is 343 g/mol. The number of carbonyl (C=O) groups is 1. The van der Waals surface area contributed by atoms with Gasteiger partial charge in [-0.25, -0.2) is 8.91 Å². The van der Waals surface area contributed by atoms with E-state index in [1.54, 1.807) is 11.4 Å². The van der Waals surface area contributed by atoms with Gasteiger partial charge in [-0.2, -0.15) is 5.10 Å². The summed E-state index contributed by atoms with van der Waals surface area (Å²) in [6.07, 6.45) is 4.26. The van der Waals surface area contributed by atoms with Crippen LogP contribution in [0, 0.1) is 0 Å². The third-order valence-electron chi connectivity index (χ3n) is 4.96. The average molecular weight is 368 g/mol. The first-order valence-electron chi connectivity index (χ1n) is 9.06. The van der Waals surface area contributed by atoms with Crippen molar-refractivity contribution >= 4 is 17.1 Å². The number of aryl methyl sites for hydroxylation is 1. The summed E-state index contributed by atoms with van der Waals surface area (Å²) in [4.78, 5) is 11.9. The van der Waals surface area contributed by atoms with Gasteiger partial charge in [0.15, 0.2) is 0 Å². The van der Waals surface area contributed by atoms with Crippen LogP contribution in [-0.4, -0.2) is 27.2 Å². The predicted molar refractivity (Wildman–Crippen MR) is 107 cm³/mol. The number of primary amides is 1. The number of nitrogens with one attached hydrogen (secondary N) is 1. The molecular formula is C21H25FN4O. The van der Waals surface area contributed by atoms with Crippen LogP contribution in [0.5, 0.6) is 0 Å². The fourth-order valence-electron chi connectivity index (χ4n) is 2.91. The number of rotatable bonds is 6. The van der Waals surface area contributed by atoms with E-state index < -0.39 is 17.6 Å². The molecule has 0 aliphatic rings. The van der Waals surface area contributed by atoms with Gasteiger partial charge in [-0.1, -0.05) is 31.2 Å². The highest BCUT2D eigenvalue weighted by Gasteiger charge is 2.27. The molecule has 0 saturated heterocycles. The number of carbonyl (C=O) groups excluding carboxylic acids is 1. The first-order chi connectivity index (χ1) is 12.7. The summed E-state index contributed by atoms with van der Waals surface area (Å²) < 4.78 is 16.0. The molecule has 0 spiro atoms. The van der Waals surface area contributed by atoms with Crippen molar-refractivity contribution in [3.05, 3.63) is 53.9 Å². The molecule has 0 bridgehead atoms. The molecule has 1 unspecified atom stereocenters. The third kappa shape index (κ3) is 3.79. The highest BCUT2D eigenvalue weighted by Crippen LogP contribution is 2.30. The molecule has 0 aliphatic heterocycles. The summed E-state index contributed by atoms with van der Waals surface area (Å²) in [5.41, 5.74) is 8.73. The first kappa shape index (κ1) is 18.9. The van der Waals surface area contributed by atoms with E-state index >= 15 is 0 Å². The van der Waals surface area contributed by atoms with Gasteiger partial charge in [-0.15, -0.1) is 0 Å². The minimum absolute atomic E-state index is 0.241. The fourth-order valence-corrected chi connectivity index (χ4v) is 2.91. The highest BCUT2D eigenvalue weighted by atomic mass is 19.1. The molecule has 142 valence electrons. The molecule has 1 atom stereocenters. The van der Waals surface area contributed by atoms with Crippen LogP contribution in [-0.2, 0) is 6.42 Å². The summed E-state index contributed by atoms with van der Waals surface area (Å²) in [6, 6.07) is 9.68. The number of amides is 1. The lowest BCUT2D eigenvalue weighted by Crippen LogP contribution is -2.36. The van der Waals surface area contributed by atoms with Crippen LogP contribution in [0.2, 0.25) is 0 Å². The van der Waals surface area contributed by atoms with Crippen LogP contribution in [0.15, 0.2) is 42.7 Å². The van der Waals surface area contributed by atoms with E-state index in [0.717, 1.165) is 17.5 Å². The molecule has 3 rings (SSSR count). The number of halogens is 1. The summed E-state index contributed by atoms with van der Waals surface area (Å²) >= 11 is 0. The van der Waals surface area contributed by atoms with E-state index in [2.05, 4.69) is 29.5 Å². The third-order valence-corrected chi connectivity index (χ3v) is 4.96. The Morgan fingerprint density at radius 2 is 2.07 bits per heavy atom. The Balaban J connectivity index is 2.15. The second kappa shape index (κ2) is 7.02. The van der Waals surface area contributed by atoms with E-state index in [0.29, 0.717) is 11.2 Å². The van der Waals surface area contributed by atoms with E-state index in [1.165, 1.54) is 25.6 Å². The number of alkyl halides is 1. The number of hydrogen-bond acceptors (Lipinski definition) is 3. The maximum Gasteiger partial charge on any atom is 0.252 e. The average Bonchev–Trinajstić information content (AvgIpc) is 3.05. The lowest BCUT2D eigenvalue weighted by Gasteiger charge is -2.26. The molecule has 1 amide bonds. The van der Waals surface area contributed by atoms with Crippen LogP contribution in [0.25, 0.3) is 16.6 Å². The van der Waals surface area contributed by atoms with Crippen LogP contribution in [0.4, 0.5) is 10.1 Å². The maximum absolute atomic E-state index is 14.4. The molecule has 2 heterocycles. The lowest BCUT2D eigenvalue weighted by molar-refractivity contribution is 0.1000. The second-order valence-electron chi connectivity index (χ2n) is 7.34. The maximum atomic E-state index is 14.4. The largest absolute Gasteiger partial charge is 0.377 e. The monoisotopic (exact) mass is 368 g/mol. The van der Waals surface area contributed by atoms with Crippen LogP contribution in [0.1, 0.15) is 43.6 Å². The molecule has 3 aromatic rings. The van der Waals surface area contributed by atoms with Gasteiger partial charge in [0.1, 0.15) is 5.67 Å². The minimum atomic E-state index is -1.47. The van der Waals surface area contributed by atoms with Gasteiger partial charge in [0.25, 0.3) is 5.91 Å². The van der Waals surface area contributed by atoms with Crippen LogP contribution < -0.4 is 11.1 Å². The Labute approximate surface area is 158 Å². The summed E-state index contributed by atoms with van der Waals surface area (Å²) in [6.45, 7) is 6.83. The molecule has 0 fully saturated rings. The van der Waals surface area contributed by atoms with Crippen molar-refractivity contribution in [2.45, 2.75) is 45.8 Å². The van der Waals surface area contributed by atoms with Gasteiger partial charge in [0.2, 0.25) is 0 Å². The Morgan fingerprint density at radius 1 is 1.33 bits per heavy atom. The van der Waals surface area contributed by atoms with E-state index in [1.807, 2.05) is 24.4 Å². The molecule has 6 heteroatoms. The predicted octanol–water partition coefficient (Wildman–Crippen LogP) is 4.21. The van der Waals surface area contributed by atoms with Gasteiger partial charge in [-0.05, 0) is 44.4 Å². The van der Waals surface area contributed by atoms with Crippen molar-refractivity contribution in [1.82, 2.24) is 9.61 Å².